The zero-order valence-electron chi connectivity index (χ0n) is 10.3. The number of nitrogens with two attached hydrogens (primary N) is 1. The third-order valence-corrected chi connectivity index (χ3v) is 3.20. The van der Waals surface area contributed by atoms with E-state index in [1.807, 2.05) is 26.0 Å². The maximum absolute atomic E-state index is 9.31. The monoisotopic (exact) mass is 257 g/mol. The van der Waals surface area contributed by atoms with Crippen LogP contribution >= 0.6 is 11.6 Å². The number of ether oxygens (including phenoxy) is 1. The van der Waals surface area contributed by atoms with Gasteiger partial charge in [0.2, 0.25) is 0 Å². The molecule has 96 valence electrons. The van der Waals surface area contributed by atoms with Crippen LogP contribution < -0.4 is 10.5 Å². The van der Waals surface area contributed by atoms with Gasteiger partial charge in [-0.05, 0) is 31.4 Å². The van der Waals surface area contributed by atoms with Gasteiger partial charge in [-0.1, -0.05) is 30.7 Å². The quantitative estimate of drug-likeness (QED) is 0.771. The van der Waals surface area contributed by atoms with Gasteiger partial charge < -0.3 is 15.6 Å². The number of aliphatic hydroxyl groups is 1. The lowest BCUT2D eigenvalue weighted by atomic mass is 10.0. The van der Waals surface area contributed by atoms with E-state index in [4.69, 9.17) is 22.1 Å². The fourth-order valence-electron chi connectivity index (χ4n) is 1.73. The standard InChI is InChI=1S/C13H20ClNO2/c1-3-10(13(15)16)7-8-17-12-9(2)5-4-6-11(12)14/h4-6,10,13,16H,3,7-8,15H2,1-2H3/t10?,13-/m1/s1. The van der Waals surface area contributed by atoms with Gasteiger partial charge in [-0.2, -0.15) is 0 Å². The summed E-state index contributed by atoms with van der Waals surface area (Å²) in [5.41, 5.74) is 6.47. The summed E-state index contributed by atoms with van der Waals surface area (Å²) >= 11 is 6.04. The van der Waals surface area contributed by atoms with Crippen molar-refractivity contribution in [2.45, 2.75) is 32.9 Å². The molecule has 0 amide bonds. The Morgan fingerprint density at radius 1 is 1.47 bits per heavy atom. The summed E-state index contributed by atoms with van der Waals surface area (Å²) < 4.78 is 5.65. The van der Waals surface area contributed by atoms with Crippen LogP contribution in [0.3, 0.4) is 0 Å². The first-order chi connectivity index (χ1) is 8.06. The number of para-hydroxylation sites is 1. The molecule has 0 radical (unpaired) electrons. The molecule has 1 unspecified atom stereocenters. The average Bonchev–Trinajstić information content (AvgIpc) is 2.27. The number of aliphatic hydroxyl groups excluding tert-OH is 1. The molecule has 4 heteroatoms. The summed E-state index contributed by atoms with van der Waals surface area (Å²) in [6.07, 6.45) is 0.775. The van der Waals surface area contributed by atoms with Crippen molar-refractivity contribution in [1.29, 1.82) is 0 Å². The van der Waals surface area contributed by atoms with Gasteiger partial charge in [-0.3, -0.25) is 0 Å². The van der Waals surface area contributed by atoms with Gasteiger partial charge in [0.1, 0.15) is 12.0 Å². The van der Waals surface area contributed by atoms with E-state index in [1.54, 1.807) is 6.07 Å². The first-order valence-corrected chi connectivity index (χ1v) is 6.25. The fraction of sp³-hybridized carbons (Fsp3) is 0.538. The summed E-state index contributed by atoms with van der Waals surface area (Å²) in [4.78, 5) is 0. The van der Waals surface area contributed by atoms with Crippen LogP contribution in [0, 0.1) is 12.8 Å². The summed E-state index contributed by atoms with van der Waals surface area (Å²) in [5, 5.41) is 9.93. The van der Waals surface area contributed by atoms with E-state index >= 15 is 0 Å². The molecular weight excluding hydrogens is 238 g/mol. The van der Waals surface area contributed by atoms with Crippen molar-refractivity contribution < 1.29 is 9.84 Å². The molecule has 3 N–H and O–H groups in total. The van der Waals surface area contributed by atoms with Crippen LogP contribution in [0.15, 0.2) is 18.2 Å². The molecule has 1 aromatic carbocycles. The normalized spacial score (nSPS) is 14.4. The predicted molar refractivity (Wildman–Crippen MR) is 70.3 cm³/mol. The maximum atomic E-state index is 9.31. The Kier molecular flexibility index (Phi) is 5.75. The van der Waals surface area contributed by atoms with E-state index in [0.29, 0.717) is 11.6 Å². The molecule has 0 fully saturated rings. The van der Waals surface area contributed by atoms with Crippen molar-refractivity contribution in [2.24, 2.45) is 11.7 Å². The summed E-state index contributed by atoms with van der Waals surface area (Å²) in [6, 6.07) is 5.65. The molecule has 2 atom stereocenters. The third-order valence-electron chi connectivity index (χ3n) is 2.91. The zero-order chi connectivity index (χ0) is 12.8. The van der Waals surface area contributed by atoms with Crippen molar-refractivity contribution in [3.05, 3.63) is 28.8 Å². The summed E-state index contributed by atoms with van der Waals surface area (Å²) in [5.74, 6) is 0.785. The average molecular weight is 258 g/mol. The topological polar surface area (TPSA) is 55.5 Å². The molecule has 1 aromatic rings. The minimum atomic E-state index is -0.782. The first kappa shape index (κ1) is 14.3. The van der Waals surface area contributed by atoms with Crippen LogP contribution in [0.4, 0.5) is 0 Å². The molecule has 0 aliphatic rings. The van der Waals surface area contributed by atoms with Crippen molar-refractivity contribution in [2.75, 3.05) is 6.61 Å². The second kappa shape index (κ2) is 6.84. The Labute approximate surface area is 108 Å². The van der Waals surface area contributed by atoms with Gasteiger partial charge in [-0.25, -0.2) is 0 Å². The third kappa shape index (κ3) is 4.19. The molecule has 0 aliphatic heterocycles. The molecule has 17 heavy (non-hydrogen) atoms. The van der Waals surface area contributed by atoms with Crippen molar-refractivity contribution >= 4 is 11.6 Å². The largest absolute Gasteiger partial charge is 0.492 e. The molecular formula is C13H20ClNO2. The number of hydrogen-bond donors (Lipinski definition) is 2. The van der Waals surface area contributed by atoms with Gasteiger partial charge in [0.25, 0.3) is 0 Å². The summed E-state index contributed by atoms with van der Waals surface area (Å²) in [7, 11) is 0. The molecule has 0 spiro atoms. The molecule has 0 bridgehead atoms. The number of hydrogen-bond acceptors (Lipinski definition) is 3. The van der Waals surface area contributed by atoms with E-state index < -0.39 is 6.23 Å². The minimum absolute atomic E-state index is 0.0674. The molecule has 0 aliphatic carbocycles. The lowest BCUT2D eigenvalue weighted by molar-refractivity contribution is 0.0953. The van der Waals surface area contributed by atoms with Crippen LogP contribution in [0.5, 0.6) is 5.75 Å². The molecule has 0 aromatic heterocycles. The van der Waals surface area contributed by atoms with Gasteiger partial charge in [0, 0.05) is 5.92 Å². The maximum Gasteiger partial charge on any atom is 0.140 e. The number of benzene rings is 1. The number of aryl methyl sites for hydroxylation is 1. The molecule has 1 rings (SSSR count). The Balaban J connectivity index is 2.51. The molecule has 3 nitrogen and oxygen atoms in total. The molecule has 0 heterocycles. The minimum Gasteiger partial charge on any atom is -0.492 e. The van der Waals surface area contributed by atoms with Gasteiger partial charge >= 0.3 is 0 Å². The van der Waals surface area contributed by atoms with Crippen LogP contribution in [0.1, 0.15) is 25.3 Å². The summed E-state index contributed by atoms with van der Waals surface area (Å²) in [6.45, 7) is 4.47. The number of rotatable bonds is 6. The van der Waals surface area contributed by atoms with Gasteiger partial charge in [-0.15, -0.1) is 0 Å². The van der Waals surface area contributed by atoms with Crippen molar-refractivity contribution in [3.8, 4) is 5.75 Å². The first-order valence-electron chi connectivity index (χ1n) is 5.87. The van der Waals surface area contributed by atoms with Crippen LogP contribution in [0.25, 0.3) is 0 Å². The Bertz CT molecular complexity index is 335. The lowest BCUT2D eigenvalue weighted by Crippen LogP contribution is -2.30. The lowest BCUT2D eigenvalue weighted by Gasteiger charge is -2.18. The highest BCUT2D eigenvalue weighted by molar-refractivity contribution is 6.32. The highest BCUT2D eigenvalue weighted by atomic mass is 35.5. The fourth-order valence-corrected chi connectivity index (χ4v) is 2.00. The smallest absolute Gasteiger partial charge is 0.140 e. The Morgan fingerprint density at radius 3 is 2.71 bits per heavy atom. The molecule has 0 saturated carbocycles. The SMILES string of the molecule is CCC(CCOc1c(C)cccc1Cl)[C@H](N)O. The van der Waals surface area contributed by atoms with Crippen molar-refractivity contribution in [3.63, 3.8) is 0 Å². The van der Waals surface area contributed by atoms with Crippen LogP contribution in [-0.4, -0.2) is 17.9 Å². The van der Waals surface area contributed by atoms with Gasteiger partial charge in [0.15, 0.2) is 0 Å². The second-order valence-corrected chi connectivity index (χ2v) is 4.59. The van der Waals surface area contributed by atoms with Crippen molar-refractivity contribution in [1.82, 2.24) is 0 Å². The second-order valence-electron chi connectivity index (χ2n) is 4.18. The zero-order valence-corrected chi connectivity index (χ0v) is 11.1. The van der Waals surface area contributed by atoms with E-state index in [1.165, 1.54) is 0 Å². The van der Waals surface area contributed by atoms with E-state index in [9.17, 15) is 5.11 Å². The Hall–Kier alpha value is -0.770. The van der Waals surface area contributed by atoms with Gasteiger partial charge in [0.05, 0.1) is 11.6 Å². The highest BCUT2D eigenvalue weighted by Crippen LogP contribution is 2.28. The predicted octanol–water partition coefficient (Wildman–Crippen LogP) is 2.72. The van der Waals surface area contributed by atoms with Crippen LogP contribution in [-0.2, 0) is 0 Å². The van der Waals surface area contributed by atoms with E-state index in [-0.39, 0.29) is 5.92 Å². The van der Waals surface area contributed by atoms with E-state index in [0.717, 1.165) is 24.2 Å². The van der Waals surface area contributed by atoms with Crippen LogP contribution in [0.2, 0.25) is 5.02 Å². The molecule has 0 saturated heterocycles. The Morgan fingerprint density at radius 2 is 2.18 bits per heavy atom. The van der Waals surface area contributed by atoms with E-state index in [2.05, 4.69) is 0 Å². The highest BCUT2D eigenvalue weighted by Gasteiger charge is 2.13. The number of halogens is 1.